The maximum Gasteiger partial charge on any atom is 0.339 e. The summed E-state index contributed by atoms with van der Waals surface area (Å²) in [6.45, 7) is 3.17. The van der Waals surface area contributed by atoms with Crippen molar-refractivity contribution >= 4 is 17.6 Å². The molecule has 1 aromatic rings. The van der Waals surface area contributed by atoms with Gasteiger partial charge in [-0.1, -0.05) is 6.07 Å². The Kier molecular flexibility index (Phi) is 2.11. The summed E-state index contributed by atoms with van der Waals surface area (Å²) in [5.74, 6) is -1.16. The average molecular weight is 221 g/mol. The molecule has 0 saturated carbocycles. The van der Waals surface area contributed by atoms with E-state index in [2.05, 4.69) is 5.32 Å². The number of para-hydroxylation sites is 1. The first-order chi connectivity index (χ1) is 7.42. The Morgan fingerprint density at radius 2 is 2.12 bits per heavy atom. The van der Waals surface area contributed by atoms with E-state index in [1.165, 1.54) is 6.07 Å². The highest BCUT2D eigenvalue weighted by atomic mass is 16.5. The van der Waals surface area contributed by atoms with Gasteiger partial charge in [0.2, 0.25) is 0 Å². The summed E-state index contributed by atoms with van der Waals surface area (Å²) in [6, 6.07) is 4.61. The van der Waals surface area contributed by atoms with Gasteiger partial charge in [0.1, 0.15) is 5.56 Å². The number of carbonyl (C=O) groups excluding carboxylic acids is 1. The topological polar surface area (TPSA) is 75.6 Å². The molecule has 1 heterocycles. The number of aromatic carboxylic acids is 1. The molecule has 16 heavy (non-hydrogen) atoms. The van der Waals surface area contributed by atoms with Crippen LogP contribution in [0, 0.1) is 0 Å². The minimum absolute atomic E-state index is 0.0468. The molecule has 2 N–H and O–H groups in total. The lowest BCUT2D eigenvalue weighted by molar-refractivity contribution is -0.129. The number of rotatable bonds is 1. The smallest absolute Gasteiger partial charge is 0.339 e. The van der Waals surface area contributed by atoms with Crippen LogP contribution in [-0.4, -0.2) is 22.6 Å². The fourth-order valence-electron chi connectivity index (χ4n) is 1.49. The number of anilines is 1. The third-order valence-electron chi connectivity index (χ3n) is 2.40. The van der Waals surface area contributed by atoms with E-state index in [-0.39, 0.29) is 17.2 Å². The second kappa shape index (κ2) is 3.23. The number of ether oxygens (including phenoxy) is 1. The van der Waals surface area contributed by atoms with Gasteiger partial charge in [0.05, 0.1) is 5.69 Å². The van der Waals surface area contributed by atoms with E-state index in [1.807, 2.05) is 0 Å². The molecule has 0 saturated heterocycles. The molecule has 0 radical (unpaired) electrons. The van der Waals surface area contributed by atoms with E-state index >= 15 is 0 Å². The van der Waals surface area contributed by atoms with E-state index in [9.17, 15) is 9.59 Å². The second-order valence-corrected chi connectivity index (χ2v) is 4.05. The van der Waals surface area contributed by atoms with Crippen molar-refractivity contribution in [1.29, 1.82) is 0 Å². The zero-order valence-corrected chi connectivity index (χ0v) is 8.90. The molecule has 0 aliphatic carbocycles. The third kappa shape index (κ3) is 1.50. The number of benzene rings is 1. The lowest BCUT2D eigenvalue weighted by atomic mass is 10.0. The number of amides is 1. The molecule has 0 unspecified atom stereocenters. The SMILES string of the molecule is CC1(C)Oc2c(cccc2C(=O)O)NC1=O. The summed E-state index contributed by atoms with van der Waals surface area (Å²) in [5.41, 5.74) is -0.617. The third-order valence-corrected chi connectivity index (χ3v) is 2.40. The standard InChI is InChI=1S/C11H11NO4/c1-11(2)10(15)12-7-5-3-4-6(9(13)14)8(7)16-11/h3-5H,1-2H3,(H,12,15)(H,13,14). The van der Waals surface area contributed by atoms with Gasteiger partial charge in [-0.2, -0.15) is 0 Å². The Hall–Kier alpha value is -2.04. The monoisotopic (exact) mass is 221 g/mol. The molecule has 1 aliphatic heterocycles. The first-order valence-corrected chi connectivity index (χ1v) is 4.78. The number of hydrogen-bond donors (Lipinski definition) is 2. The van der Waals surface area contributed by atoms with E-state index in [1.54, 1.807) is 26.0 Å². The van der Waals surface area contributed by atoms with Gasteiger partial charge < -0.3 is 15.2 Å². The number of nitrogens with one attached hydrogen (secondary N) is 1. The Labute approximate surface area is 92.0 Å². The van der Waals surface area contributed by atoms with Crippen LogP contribution in [0.5, 0.6) is 5.75 Å². The molecule has 0 atom stereocenters. The summed E-state index contributed by atoms with van der Waals surface area (Å²) in [4.78, 5) is 22.5. The molecular weight excluding hydrogens is 210 g/mol. The van der Waals surface area contributed by atoms with Gasteiger partial charge >= 0.3 is 5.97 Å². The Morgan fingerprint density at radius 1 is 1.44 bits per heavy atom. The quantitative estimate of drug-likeness (QED) is 0.753. The van der Waals surface area contributed by atoms with Crippen molar-refractivity contribution in [3.05, 3.63) is 23.8 Å². The van der Waals surface area contributed by atoms with Crippen LogP contribution in [0.1, 0.15) is 24.2 Å². The van der Waals surface area contributed by atoms with Crippen LogP contribution < -0.4 is 10.1 Å². The second-order valence-electron chi connectivity index (χ2n) is 4.05. The Bertz CT molecular complexity index is 479. The fourth-order valence-corrected chi connectivity index (χ4v) is 1.49. The summed E-state index contributed by atoms with van der Waals surface area (Å²) < 4.78 is 5.43. The van der Waals surface area contributed by atoms with Gasteiger partial charge in [-0.15, -0.1) is 0 Å². The van der Waals surface area contributed by atoms with Gasteiger partial charge in [-0.3, -0.25) is 4.79 Å². The maximum absolute atomic E-state index is 11.6. The summed E-state index contributed by atoms with van der Waals surface area (Å²) in [5, 5.41) is 11.6. The van der Waals surface area contributed by atoms with Gasteiger partial charge in [-0.05, 0) is 26.0 Å². The first kappa shape index (κ1) is 10.5. The Balaban J connectivity index is 2.56. The van der Waals surface area contributed by atoms with Crippen molar-refractivity contribution in [3.63, 3.8) is 0 Å². The van der Waals surface area contributed by atoms with Crippen LogP contribution >= 0.6 is 0 Å². The molecule has 5 heteroatoms. The van der Waals surface area contributed by atoms with Crippen molar-refractivity contribution < 1.29 is 19.4 Å². The highest BCUT2D eigenvalue weighted by molar-refractivity contribution is 6.03. The molecule has 0 fully saturated rings. The average Bonchev–Trinajstić information content (AvgIpc) is 2.18. The molecule has 84 valence electrons. The molecule has 1 amide bonds. The number of carboxylic acids is 1. The summed E-state index contributed by atoms with van der Waals surface area (Å²) >= 11 is 0. The lowest BCUT2D eigenvalue weighted by Crippen LogP contribution is -2.46. The molecule has 0 bridgehead atoms. The van der Waals surface area contributed by atoms with Crippen LogP contribution in [0.4, 0.5) is 5.69 Å². The molecule has 0 spiro atoms. The zero-order valence-electron chi connectivity index (χ0n) is 8.90. The number of hydrogen-bond acceptors (Lipinski definition) is 3. The molecule has 1 aliphatic rings. The fraction of sp³-hybridized carbons (Fsp3) is 0.273. The normalized spacial score (nSPS) is 17.0. The molecule has 0 aromatic heterocycles. The highest BCUT2D eigenvalue weighted by Gasteiger charge is 2.37. The minimum atomic E-state index is -1.08. The van der Waals surface area contributed by atoms with Gasteiger partial charge in [0.15, 0.2) is 11.4 Å². The molecule has 5 nitrogen and oxygen atoms in total. The largest absolute Gasteiger partial charge is 0.478 e. The van der Waals surface area contributed by atoms with Crippen LogP contribution in [0.3, 0.4) is 0 Å². The van der Waals surface area contributed by atoms with Gasteiger partial charge in [-0.25, -0.2) is 4.79 Å². The lowest BCUT2D eigenvalue weighted by Gasteiger charge is -2.32. The summed E-state index contributed by atoms with van der Waals surface area (Å²) in [7, 11) is 0. The van der Waals surface area contributed by atoms with Gasteiger partial charge in [0, 0.05) is 0 Å². The number of carboxylic acid groups (broad SMARTS) is 1. The van der Waals surface area contributed by atoms with Gasteiger partial charge in [0.25, 0.3) is 5.91 Å². The van der Waals surface area contributed by atoms with E-state index < -0.39 is 11.6 Å². The maximum atomic E-state index is 11.6. The molecular formula is C11H11NO4. The summed E-state index contributed by atoms with van der Waals surface area (Å²) in [6.07, 6.45) is 0. The van der Waals surface area contributed by atoms with Crippen LogP contribution in [0.2, 0.25) is 0 Å². The number of fused-ring (bicyclic) bond motifs is 1. The van der Waals surface area contributed by atoms with E-state index in [0.29, 0.717) is 5.69 Å². The first-order valence-electron chi connectivity index (χ1n) is 4.78. The van der Waals surface area contributed by atoms with Crippen molar-refractivity contribution in [2.24, 2.45) is 0 Å². The van der Waals surface area contributed by atoms with E-state index in [0.717, 1.165) is 0 Å². The van der Waals surface area contributed by atoms with Crippen molar-refractivity contribution in [2.45, 2.75) is 19.4 Å². The minimum Gasteiger partial charge on any atom is -0.478 e. The van der Waals surface area contributed by atoms with Crippen LogP contribution in [-0.2, 0) is 4.79 Å². The van der Waals surface area contributed by atoms with Crippen molar-refractivity contribution in [2.75, 3.05) is 5.32 Å². The van der Waals surface area contributed by atoms with Crippen LogP contribution in [0.15, 0.2) is 18.2 Å². The van der Waals surface area contributed by atoms with Crippen molar-refractivity contribution in [3.8, 4) is 5.75 Å². The predicted molar refractivity (Wildman–Crippen MR) is 56.7 cm³/mol. The highest BCUT2D eigenvalue weighted by Crippen LogP contribution is 2.36. The predicted octanol–water partition coefficient (Wildman–Crippen LogP) is 1.49. The van der Waals surface area contributed by atoms with Crippen molar-refractivity contribution in [1.82, 2.24) is 0 Å². The number of carbonyl (C=O) groups is 2. The van der Waals surface area contributed by atoms with Crippen LogP contribution in [0.25, 0.3) is 0 Å². The molecule has 1 aromatic carbocycles. The van der Waals surface area contributed by atoms with E-state index in [4.69, 9.17) is 9.84 Å². The molecule has 2 rings (SSSR count). The Morgan fingerprint density at radius 3 is 2.75 bits per heavy atom. The zero-order chi connectivity index (χ0) is 11.9.